The van der Waals surface area contributed by atoms with Crippen molar-refractivity contribution in [2.75, 3.05) is 20.2 Å². The van der Waals surface area contributed by atoms with Crippen molar-refractivity contribution in [2.24, 2.45) is 0 Å². The lowest BCUT2D eigenvalue weighted by molar-refractivity contribution is 0.0706. The Morgan fingerprint density at radius 3 is 2.96 bits per heavy atom. The third kappa shape index (κ3) is 3.45. The molecule has 0 amide bonds. The van der Waals surface area contributed by atoms with E-state index in [-0.39, 0.29) is 12.0 Å². The highest BCUT2D eigenvalue weighted by Gasteiger charge is 2.32. The van der Waals surface area contributed by atoms with Crippen molar-refractivity contribution in [1.29, 1.82) is 0 Å². The van der Waals surface area contributed by atoms with Gasteiger partial charge in [0.15, 0.2) is 0 Å². The van der Waals surface area contributed by atoms with Crippen molar-refractivity contribution in [3.63, 3.8) is 0 Å². The third-order valence-corrected chi connectivity index (χ3v) is 4.55. The van der Waals surface area contributed by atoms with E-state index in [0.29, 0.717) is 0 Å². The molecule has 4 rings (SSSR count). The molecule has 0 spiro atoms. The minimum atomic E-state index is 0.121. The van der Waals surface area contributed by atoms with Crippen LogP contribution in [0.2, 0.25) is 0 Å². The first-order valence-electron chi connectivity index (χ1n) is 8.40. The highest BCUT2D eigenvalue weighted by atomic mass is 16.5. The molecular weight excluding hydrogens is 318 g/mol. The summed E-state index contributed by atoms with van der Waals surface area (Å²) in [4.78, 5) is 10.6. The molecule has 1 N–H and O–H groups in total. The topological polar surface area (TPSA) is 84.8 Å². The van der Waals surface area contributed by atoms with E-state index in [1.807, 2.05) is 29.1 Å². The van der Waals surface area contributed by atoms with Gasteiger partial charge in [-0.2, -0.15) is 10.2 Å². The predicted molar refractivity (Wildman–Crippen MR) is 91.2 cm³/mol. The van der Waals surface area contributed by atoms with Crippen molar-refractivity contribution in [3.05, 3.63) is 54.6 Å². The monoisotopic (exact) mass is 339 g/mol. The van der Waals surface area contributed by atoms with E-state index in [9.17, 15) is 0 Å². The summed E-state index contributed by atoms with van der Waals surface area (Å²) in [5, 5.41) is 11.4. The number of aromatic nitrogens is 6. The zero-order chi connectivity index (χ0) is 17.1. The van der Waals surface area contributed by atoms with Crippen LogP contribution in [0.4, 0.5) is 0 Å². The first kappa shape index (κ1) is 15.9. The van der Waals surface area contributed by atoms with Crippen LogP contribution in [0.3, 0.4) is 0 Å². The van der Waals surface area contributed by atoms with Crippen LogP contribution >= 0.6 is 0 Å². The summed E-state index contributed by atoms with van der Waals surface area (Å²) in [7, 11) is 2.10. The Kier molecular flexibility index (Phi) is 4.53. The number of pyridine rings is 1. The molecule has 4 heterocycles. The summed E-state index contributed by atoms with van der Waals surface area (Å²) in [6.45, 7) is 2.37. The Morgan fingerprint density at radius 1 is 1.28 bits per heavy atom. The lowest BCUT2D eigenvalue weighted by Crippen LogP contribution is -2.32. The molecule has 1 fully saturated rings. The molecule has 0 saturated carbocycles. The number of ether oxygens (including phenoxy) is 1. The SMILES string of the molecule is CN(Cc1ccnn1-c1ccncc1)C[C@H]1OCC[C@H]1c1ncn[nH]1. The molecule has 3 aromatic heterocycles. The Morgan fingerprint density at radius 2 is 2.16 bits per heavy atom. The van der Waals surface area contributed by atoms with Crippen molar-refractivity contribution in [1.82, 2.24) is 34.8 Å². The van der Waals surface area contributed by atoms with E-state index in [0.717, 1.165) is 43.3 Å². The van der Waals surface area contributed by atoms with E-state index >= 15 is 0 Å². The number of hydrogen-bond donors (Lipinski definition) is 1. The molecule has 1 aliphatic rings. The first-order chi connectivity index (χ1) is 12.3. The van der Waals surface area contributed by atoms with E-state index in [4.69, 9.17) is 4.74 Å². The van der Waals surface area contributed by atoms with Crippen LogP contribution in [0.25, 0.3) is 5.69 Å². The van der Waals surface area contributed by atoms with Gasteiger partial charge in [-0.15, -0.1) is 0 Å². The fourth-order valence-corrected chi connectivity index (χ4v) is 3.35. The average Bonchev–Trinajstić information content (AvgIpc) is 3.37. The van der Waals surface area contributed by atoms with Crippen molar-refractivity contribution < 1.29 is 4.74 Å². The summed E-state index contributed by atoms with van der Waals surface area (Å²) in [6.07, 6.45) is 8.03. The van der Waals surface area contributed by atoms with Crippen LogP contribution in [0.15, 0.2) is 43.1 Å². The van der Waals surface area contributed by atoms with E-state index in [2.05, 4.69) is 37.2 Å². The standard InChI is InChI=1S/C17H21N7O/c1-23(11-16-15(5-9-25-16)17-19-12-20-22-17)10-14-4-8-21-24(14)13-2-6-18-7-3-13/h2-4,6-8,12,15-16H,5,9-11H2,1H3,(H,19,20,22)/t15-,16-/m1/s1. The molecule has 3 aromatic rings. The van der Waals surface area contributed by atoms with Gasteiger partial charge in [-0.3, -0.25) is 15.0 Å². The molecule has 25 heavy (non-hydrogen) atoms. The number of hydrogen-bond acceptors (Lipinski definition) is 6. The number of H-pyrrole nitrogens is 1. The zero-order valence-electron chi connectivity index (χ0n) is 14.1. The van der Waals surface area contributed by atoms with Crippen LogP contribution in [-0.2, 0) is 11.3 Å². The maximum Gasteiger partial charge on any atom is 0.137 e. The quantitative estimate of drug-likeness (QED) is 0.730. The summed E-state index contributed by atoms with van der Waals surface area (Å²) in [6, 6.07) is 5.95. The highest BCUT2D eigenvalue weighted by Crippen LogP contribution is 2.29. The van der Waals surface area contributed by atoms with Gasteiger partial charge in [0, 0.05) is 44.2 Å². The van der Waals surface area contributed by atoms with Gasteiger partial charge >= 0.3 is 0 Å². The Hall–Kier alpha value is -2.58. The van der Waals surface area contributed by atoms with Gasteiger partial charge in [0.25, 0.3) is 0 Å². The average molecular weight is 339 g/mol. The molecule has 8 heteroatoms. The molecule has 0 bridgehead atoms. The van der Waals surface area contributed by atoms with E-state index < -0.39 is 0 Å². The summed E-state index contributed by atoms with van der Waals surface area (Å²) in [5.74, 6) is 1.19. The lowest BCUT2D eigenvalue weighted by atomic mass is 10.0. The number of rotatable bonds is 6. The molecule has 1 saturated heterocycles. The minimum Gasteiger partial charge on any atom is -0.376 e. The largest absolute Gasteiger partial charge is 0.376 e. The van der Waals surface area contributed by atoms with Crippen molar-refractivity contribution in [2.45, 2.75) is 25.0 Å². The third-order valence-electron chi connectivity index (χ3n) is 4.55. The molecule has 0 aromatic carbocycles. The number of nitrogens with one attached hydrogen (secondary N) is 1. The van der Waals surface area contributed by atoms with Crippen LogP contribution in [0.1, 0.15) is 23.9 Å². The van der Waals surface area contributed by atoms with Gasteiger partial charge < -0.3 is 4.74 Å². The van der Waals surface area contributed by atoms with Gasteiger partial charge in [0.2, 0.25) is 0 Å². The maximum atomic E-state index is 5.93. The molecule has 1 aliphatic heterocycles. The second-order valence-corrected chi connectivity index (χ2v) is 6.31. The smallest absolute Gasteiger partial charge is 0.137 e. The molecule has 8 nitrogen and oxygen atoms in total. The second kappa shape index (κ2) is 7.12. The normalized spacial score (nSPS) is 20.4. The minimum absolute atomic E-state index is 0.121. The fourth-order valence-electron chi connectivity index (χ4n) is 3.35. The highest BCUT2D eigenvalue weighted by molar-refractivity contribution is 5.30. The van der Waals surface area contributed by atoms with Crippen LogP contribution in [0.5, 0.6) is 0 Å². The molecule has 2 atom stereocenters. The molecule has 0 radical (unpaired) electrons. The Labute approximate surface area is 145 Å². The van der Waals surface area contributed by atoms with Crippen molar-refractivity contribution >= 4 is 0 Å². The summed E-state index contributed by atoms with van der Waals surface area (Å²) >= 11 is 0. The maximum absolute atomic E-state index is 5.93. The Bertz CT molecular complexity index is 786. The predicted octanol–water partition coefficient (Wildman–Crippen LogP) is 1.39. The lowest BCUT2D eigenvalue weighted by Gasteiger charge is -2.24. The molecule has 0 unspecified atom stereocenters. The van der Waals surface area contributed by atoms with E-state index in [1.165, 1.54) is 0 Å². The van der Waals surface area contributed by atoms with Gasteiger partial charge in [-0.25, -0.2) is 9.67 Å². The zero-order valence-corrected chi connectivity index (χ0v) is 14.1. The number of nitrogens with zero attached hydrogens (tertiary/aromatic N) is 6. The molecule has 0 aliphatic carbocycles. The van der Waals surface area contributed by atoms with Gasteiger partial charge in [0.1, 0.15) is 12.2 Å². The fraction of sp³-hybridized carbons (Fsp3) is 0.412. The van der Waals surface area contributed by atoms with E-state index in [1.54, 1.807) is 18.7 Å². The number of likely N-dealkylation sites (N-methyl/N-ethyl adjacent to an activating group) is 1. The summed E-state index contributed by atoms with van der Waals surface area (Å²) in [5.41, 5.74) is 2.14. The van der Waals surface area contributed by atoms with Gasteiger partial charge in [-0.05, 0) is 31.7 Å². The second-order valence-electron chi connectivity index (χ2n) is 6.31. The molecular formula is C17H21N7O. The van der Waals surface area contributed by atoms with Crippen LogP contribution < -0.4 is 0 Å². The van der Waals surface area contributed by atoms with Crippen LogP contribution in [-0.4, -0.2) is 61.1 Å². The molecule has 130 valence electrons. The first-order valence-corrected chi connectivity index (χ1v) is 8.40. The van der Waals surface area contributed by atoms with Gasteiger partial charge in [-0.1, -0.05) is 0 Å². The van der Waals surface area contributed by atoms with Gasteiger partial charge in [0.05, 0.1) is 17.5 Å². The summed E-state index contributed by atoms with van der Waals surface area (Å²) < 4.78 is 7.88. The Balaban J connectivity index is 1.43. The van der Waals surface area contributed by atoms with Crippen LogP contribution in [0, 0.1) is 0 Å². The van der Waals surface area contributed by atoms with Crippen molar-refractivity contribution in [3.8, 4) is 5.69 Å². The number of aromatic amines is 1.